The van der Waals surface area contributed by atoms with Gasteiger partial charge in [0.05, 0.1) is 0 Å². The minimum atomic E-state index is -0.397. The topological polar surface area (TPSA) is 68.2 Å². The summed E-state index contributed by atoms with van der Waals surface area (Å²) in [5, 5.41) is 14.8. The van der Waals surface area contributed by atoms with Crippen molar-refractivity contribution in [3.63, 3.8) is 0 Å². The number of rotatable bonds is 9. The third kappa shape index (κ3) is 7.48. The Kier molecular flexibility index (Phi) is 8.48. The van der Waals surface area contributed by atoms with Crippen molar-refractivity contribution in [1.29, 1.82) is 5.26 Å². The lowest BCUT2D eigenvalue weighted by Crippen LogP contribution is -2.24. The minimum Gasteiger partial charge on any atom is -0.388 e. The van der Waals surface area contributed by atoms with Gasteiger partial charge in [0.25, 0.3) is 5.91 Å². The van der Waals surface area contributed by atoms with Crippen LogP contribution in [0.15, 0.2) is 36.0 Å². The van der Waals surface area contributed by atoms with Crippen molar-refractivity contribution in [1.82, 2.24) is 10.2 Å². The number of nitriles is 1. The molecule has 0 unspecified atom stereocenters. The second-order valence-electron chi connectivity index (χ2n) is 5.68. The van der Waals surface area contributed by atoms with E-state index in [2.05, 4.69) is 17.6 Å². The van der Waals surface area contributed by atoms with Crippen molar-refractivity contribution in [3.8, 4) is 6.07 Å². The Bertz CT molecular complexity index is 555. The van der Waals surface area contributed by atoms with Crippen molar-refractivity contribution >= 4 is 11.6 Å². The van der Waals surface area contributed by atoms with Crippen LogP contribution in [0.25, 0.3) is 0 Å². The molecular formula is C18H26N4O. The summed E-state index contributed by atoms with van der Waals surface area (Å²) < 4.78 is 0. The van der Waals surface area contributed by atoms with E-state index in [1.165, 1.54) is 11.8 Å². The van der Waals surface area contributed by atoms with Gasteiger partial charge in [0.2, 0.25) is 0 Å². The fourth-order valence-electron chi connectivity index (χ4n) is 1.95. The van der Waals surface area contributed by atoms with E-state index in [0.717, 1.165) is 25.8 Å². The molecule has 0 aliphatic carbocycles. The van der Waals surface area contributed by atoms with E-state index in [1.54, 1.807) is 0 Å². The van der Waals surface area contributed by atoms with Crippen molar-refractivity contribution in [2.24, 2.45) is 0 Å². The van der Waals surface area contributed by atoms with Gasteiger partial charge in [-0.25, -0.2) is 0 Å². The predicted molar refractivity (Wildman–Crippen MR) is 93.9 cm³/mol. The molecule has 5 heteroatoms. The summed E-state index contributed by atoms with van der Waals surface area (Å²) in [5.74, 6) is -0.397. The van der Waals surface area contributed by atoms with Crippen LogP contribution >= 0.6 is 0 Å². The van der Waals surface area contributed by atoms with Crippen molar-refractivity contribution in [2.45, 2.75) is 26.2 Å². The molecule has 0 aromatic heterocycles. The first-order valence-electron chi connectivity index (χ1n) is 7.95. The lowest BCUT2D eigenvalue weighted by Gasteiger charge is -2.09. The van der Waals surface area contributed by atoms with Crippen LogP contribution in [0.5, 0.6) is 0 Å². The summed E-state index contributed by atoms with van der Waals surface area (Å²) in [6.45, 7) is 3.67. The van der Waals surface area contributed by atoms with Crippen molar-refractivity contribution in [2.75, 3.05) is 32.5 Å². The number of nitrogens with one attached hydrogen (secondary N) is 2. The van der Waals surface area contributed by atoms with Gasteiger partial charge in [-0.05, 0) is 44.6 Å². The molecule has 1 aromatic rings. The Labute approximate surface area is 139 Å². The van der Waals surface area contributed by atoms with Gasteiger partial charge < -0.3 is 15.5 Å². The molecule has 0 atom stereocenters. The first-order chi connectivity index (χ1) is 11.1. The molecule has 0 aliphatic heterocycles. The van der Waals surface area contributed by atoms with Gasteiger partial charge in [0.1, 0.15) is 11.6 Å². The molecule has 0 heterocycles. The number of carbonyl (C=O) groups is 1. The third-order valence-corrected chi connectivity index (χ3v) is 3.35. The molecule has 124 valence electrons. The highest BCUT2D eigenvalue weighted by molar-refractivity contribution is 6.06. The number of carbonyl (C=O) groups excluding carboxylic acids is 1. The fraction of sp³-hybridized carbons (Fsp3) is 0.444. The molecule has 0 saturated heterocycles. The standard InChI is InChI=1S/C18H26N4O/c1-4-5-6-15-7-9-17(10-8-15)21-18(23)16(13-19)14-20-11-12-22(2)3/h7-10,14,20H,4-6,11-12H2,1-3H3,(H,21,23)/b16-14-. The summed E-state index contributed by atoms with van der Waals surface area (Å²) in [6.07, 6.45) is 4.83. The molecule has 0 radical (unpaired) electrons. The third-order valence-electron chi connectivity index (χ3n) is 3.35. The fourth-order valence-corrected chi connectivity index (χ4v) is 1.95. The molecule has 5 nitrogen and oxygen atoms in total. The molecule has 0 spiro atoms. The smallest absolute Gasteiger partial charge is 0.267 e. The number of unbranched alkanes of at least 4 members (excludes halogenated alkanes) is 1. The lowest BCUT2D eigenvalue weighted by molar-refractivity contribution is -0.112. The van der Waals surface area contributed by atoms with E-state index < -0.39 is 5.91 Å². The van der Waals surface area contributed by atoms with E-state index >= 15 is 0 Å². The van der Waals surface area contributed by atoms with Crippen molar-refractivity contribution in [3.05, 3.63) is 41.6 Å². The van der Waals surface area contributed by atoms with Gasteiger partial charge in [-0.1, -0.05) is 25.5 Å². The molecule has 23 heavy (non-hydrogen) atoms. The van der Waals surface area contributed by atoms with Gasteiger partial charge in [0.15, 0.2) is 0 Å². The molecule has 1 amide bonds. The zero-order valence-electron chi connectivity index (χ0n) is 14.2. The molecule has 0 aliphatic rings. The number of hydrogen-bond donors (Lipinski definition) is 2. The SMILES string of the molecule is CCCCc1ccc(NC(=O)/C(C#N)=C\NCCN(C)C)cc1. The molecule has 0 bridgehead atoms. The zero-order valence-corrected chi connectivity index (χ0v) is 14.2. The van der Waals surface area contributed by atoms with Gasteiger partial charge >= 0.3 is 0 Å². The summed E-state index contributed by atoms with van der Waals surface area (Å²) >= 11 is 0. The van der Waals surface area contributed by atoms with E-state index in [0.29, 0.717) is 12.2 Å². The first kappa shape index (κ1) is 18.7. The second kappa shape index (κ2) is 10.4. The summed E-state index contributed by atoms with van der Waals surface area (Å²) in [7, 11) is 3.93. The van der Waals surface area contributed by atoms with Crippen LogP contribution in [0.3, 0.4) is 0 Å². The number of likely N-dealkylation sites (N-methyl/N-ethyl adjacent to an activating group) is 1. The quantitative estimate of drug-likeness (QED) is 0.417. The minimum absolute atomic E-state index is 0.0683. The molecular weight excluding hydrogens is 288 g/mol. The monoisotopic (exact) mass is 314 g/mol. The molecule has 0 fully saturated rings. The van der Waals surface area contributed by atoms with Gasteiger partial charge in [0, 0.05) is 25.0 Å². The van der Waals surface area contributed by atoms with Crippen LogP contribution in [0.1, 0.15) is 25.3 Å². The van der Waals surface area contributed by atoms with Crippen LogP contribution in [0.2, 0.25) is 0 Å². The molecule has 1 aromatic carbocycles. The molecule has 0 saturated carbocycles. The Morgan fingerprint density at radius 2 is 2.00 bits per heavy atom. The zero-order chi connectivity index (χ0) is 17.1. The Balaban J connectivity index is 2.55. The molecule has 1 rings (SSSR count). The van der Waals surface area contributed by atoms with Crippen LogP contribution in [0.4, 0.5) is 5.69 Å². The summed E-state index contributed by atoms with van der Waals surface area (Å²) in [5.41, 5.74) is 2.02. The largest absolute Gasteiger partial charge is 0.388 e. The lowest BCUT2D eigenvalue weighted by atomic mass is 10.1. The maximum atomic E-state index is 12.1. The van der Waals surface area contributed by atoms with Crippen molar-refractivity contribution < 1.29 is 4.79 Å². The van der Waals surface area contributed by atoms with E-state index in [9.17, 15) is 4.79 Å². The average molecular weight is 314 g/mol. The predicted octanol–water partition coefficient (Wildman–Crippen LogP) is 2.53. The van der Waals surface area contributed by atoms with Gasteiger partial charge in [-0.3, -0.25) is 4.79 Å². The van der Waals surface area contributed by atoms with E-state index in [-0.39, 0.29) is 5.57 Å². The highest BCUT2D eigenvalue weighted by Gasteiger charge is 2.09. The normalized spacial score (nSPS) is 11.2. The highest BCUT2D eigenvalue weighted by atomic mass is 16.1. The number of aryl methyl sites for hydroxylation is 1. The number of anilines is 1. The Morgan fingerprint density at radius 1 is 1.30 bits per heavy atom. The maximum absolute atomic E-state index is 12.1. The van der Waals surface area contributed by atoms with Crippen LogP contribution in [-0.2, 0) is 11.2 Å². The number of amides is 1. The summed E-state index contributed by atoms with van der Waals surface area (Å²) in [6, 6.07) is 9.69. The van der Waals surface area contributed by atoms with Crippen LogP contribution < -0.4 is 10.6 Å². The maximum Gasteiger partial charge on any atom is 0.267 e. The van der Waals surface area contributed by atoms with E-state index in [4.69, 9.17) is 5.26 Å². The number of benzene rings is 1. The number of hydrogen-bond acceptors (Lipinski definition) is 4. The van der Waals surface area contributed by atoms with E-state index in [1.807, 2.05) is 49.3 Å². The Hall–Kier alpha value is -2.32. The highest BCUT2D eigenvalue weighted by Crippen LogP contribution is 2.12. The number of nitrogens with zero attached hydrogens (tertiary/aromatic N) is 2. The first-order valence-corrected chi connectivity index (χ1v) is 7.95. The van der Waals surface area contributed by atoms with Crippen LogP contribution in [0, 0.1) is 11.3 Å². The van der Waals surface area contributed by atoms with Gasteiger partial charge in [-0.15, -0.1) is 0 Å². The average Bonchev–Trinajstić information content (AvgIpc) is 2.54. The summed E-state index contributed by atoms with van der Waals surface area (Å²) in [4.78, 5) is 14.1. The van der Waals surface area contributed by atoms with Crippen LogP contribution in [-0.4, -0.2) is 38.0 Å². The van der Waals surface area contributed by atoms with Gasteiger partial charge in [-0.2, -0.15) is 5.26 Å². The molecule has 2 N–H and O–H groups in total. The Morgan fingerprint density at radius 3 is 2.57 bits per heavy atom. The second-order valence-corrected chi connectivity index (χ2v) is 5.68.